The summed E-state index contributed by atoms with van der Waals surface area (Å²) < 4.78 is 0. The van der Waals surface area contributed by atoms with Crippen LogP contribution in [-0.2, 0) is 6.42 Å². The van der Waals surface area contributed by atoms with E-state index in [2.05, 4.69) is 29.2 Å². The molecule has 96 valence electrons. The Labute approximate surface area is 115 Å². The highest BCUT2D eigenvalue weighted by Gasteiger charge is 2.10. The first-order valence-corrected chi connectivity index (χ1v) is 5.85. The maximum absolute atomic E-state index is 6.21. The summed E-state index contributed by atoms with van der Waals surface area (Å²) in [6.07, 6.45) is 0.853. The molecule has 0 aromatic heterocycles. The second-order valence-electron chi connectivity index (χ2n) is 4.20. The second-order valence-corrected chi connectivity index (χ2v) is 4.20. The summed E-state index contributed by atoms with van der Waals surface area (Å²) in [6.45, 7) is 0. The summed E-state index contributed by atoms with van der Waals surface area (Å²) in [5.41, 5.74) is 8.62. The van der Waals surface area contributed by atoms with Gasteiger partial charge in [-0.2, -0.15) is 0 Å². The number of para-hydroxylation sites is 1. The third-order valence-corrected chi connectivity index (χ3v) is 2.95. The van der Waals surface area contributed by atoms with Gasteiger partial charge in [0.15, 0.2) is 0 Å². The van der Waals surface area contributed by atoms with E-state index in [-0.39, 0.29) is 18.6 Å². The minimum absolute atomic E-state index is 0. The highest BCUT2D eigenvalue weighted by molar-refractivity contribution is 5.85. The molecule has 2 rings (SSSR count). The van der Waals surface area contributed by atoms with Crippen molar-refractivity contribution >= 4 is 18.1 Å². The SMILES string of the molecule is CN(c1ccccc1)C(N)Cc1ccccc1.Cl. The van der Waals surface area contributed by atoms with Crippen LogP contribution in [0.15, 0.2) is 60.7 Å². The van der Waals surface area contributed by atoms with Gasteiger partial charge in [0, 0.05) is 19.2 Å². The quantitative estimate of drug-likeness (QED) is 0.858. The zero-order chi connectivity index (χ0) is 12.1. The summed E-state index contributed by atoms with van der Waals surface area (Å²) in [7, 11) is 2.03. The van der Waals surface area contributed by atoms with E-state index in [4.69, 9.17) is 5.73 Å². The Bertz CT molecular complexity index is 445. The Morgan fingerprint density at radius 3 is 2.00 bits per heavy atom. The molecule has 0 aliphatic rings. The summed E-state index contributed by atoms with van der Waals surface area (Å²) in [6, 6.07) is 20.6. The van der Waals surface area contributed by atoms with Crippen molar-refractivity contribution in [2.75, 3.05) is 11.9 Å². The number of nitrogens with two attached hydrogens (primary N) is 1. The predicted octanol–water partition coefficient (Wildman–Crippen LogP) is 3.07. The molecule has 0 fully saturated rings. The molecule has 2 aromatic carbocycles. The molecule has 2 N–H and O–H groups in total. The Morgan fingerprint density at radius 1 is 0.944 bits per heavy atom. The topological polar surface area (TPSA) is 29.3 Å². The normalized spacial score (nSPS) is 11.4. The lowest BCUT2D eigenvalue weighted by atomic mass is 10.1. The molecule has 0 aliphatic heterocycles. The molecular formula is C15H19ClN2. The van der Waals surface area contributed by atoms with Gasteiger partial charge in [-0.3, -0.25) is 0 Å². The summed E-state index contributed by atoms with van der Waals surface area (Å²) in [5.74, 6) is 0. The molecule has 0 bridgehead atoms. The van der Waals surface area contributed by atoms with Crippen LogP contribution >= 0.6 is 12.4 Å². The summed E-state index contributed by atoms with van der Waals surface area (Å²) >= 11 is 0. The highest BCUT2D eigenvalue weighted by Crippen LogP contribution is 2.14. The van der Waals surface area contributed by atoms with Gasteiger partial charge < -0.3 is 10.6 Å². The van der Waals surface area contributed by atoms with Crippen LogP contribution in [-0.4, -0.2) is 13.2 Å². The van der Waals surface area contributed by atoms with Gasteiger partial charge in [-0.15, -0.1) is 12.4 Å². The lowest BCUT2D eigenvalue weighted by molar-refractivity contribution is 0.653. The van der Waals surface area contributed by atoms with Crippen LogP contribution in [0.3, 0.4) is 0 Å². The lowest BCUT2D eigenvalue weighted by Crippen LogP contribution is -2.41. The monoisotopic (exact) mass is 262 g/mol. The molecule has 1 unspecified atom stereocenters. The van der Waals surface area contributed by atoms with Gasteiger partial charge >= 0.3 is 0 Å². The van der Waals surface area contributed by atoms with E-state index in [1.54, 1.807) is 0 Å². The number of hydrogen-bond donors (Lipinski definition) is 1. The molecule has 2 aromatic rings. The molecule has 2 nitrogen and oxygen atoms in total. The summed E-state index contributed by atoms with van der Waals surface area (Å²) in [5, 5.41) is 0. The Hall–Kier alpha value is -1.51. The Morgan fingerprint density at radius 2 is 1.44 bits per heavy atom. The zero-order valence-corrected chi connectivity index (χ0v) is 11.3. The highest BCUT2D eigenvalue weighted by atomic mass is 35.5. The minimum Gasteiger partial charge on any atom is -0.359 e. The molecule has 3 heteroatoms. The fourth-order valence-corrected chi connectivity index (χ4v) is 1.85. The van der Waals surface area contributed by atoms with E-state index in [1.165, 1.54) is 5.56 Å². The molecular weight excluding hydrogens is 244 g/mol. The van der Waals surface area contributed by atoms with Gasteiger partial charge in [-0.25, -0.2) is 0 Å². The van der Waals surface area contributed by atoms with E-state index in [9.17, 15) is 0 Å². The largest absolute Gasteiger partial charge is 0.359 e. The van der Waals surface area contributed by atoms with Crippen molar-refractivity contribution in [1.82, 2.24) is 0 Å². The van der Waals surface area contributed by atoms with Crippen molar-refractivity contribution in [1.29, 1.82) is 0 Å². The number of halogens is 1. The first-order valence-electron chi connectivity index (χ1n) is 5.85. The van der Waals surface area contributed by atoms with Crippen LogP contribution in [0.1, 0.15) is 5.56 Å². The molecule has 0 heterocycles. The van der Waals surface area contributed by atoms with Crippen LogP contribution in [0, 0.1) is 0 Å². The Kier molecular flexibility index (Phi) is 5.69. The van der Waals surface area contributed by atoms with Crippen LogP contribution < -0.4 is 10.6 Å². The van der Waals surface area contributed by atoms with E-state index < -0.39 is 0 Å². The van der Waals surface area contributed by atoms with Gasteiger partial charge in [0.25, 0.3) is 0 Å². The van der Waals surface area contributed by atoms with Crippen molar-refractivity contribution in [3.05, 3.63) is 66.2 Å². The molecule has 18 heavy (non-hydrogen) atoms. The molecule has 0 aliphatic carbocycles. The van der Waals surface area contributed by atoms with E-state index in [0.717, 1.165) is 12.1 Å². The van der Waals surface area contributed by atoms with Gasteiger partial charge in [0.2, 0.25) is 0 Å². The third kappa shape index (κ3) is 3.76. The van der Waals surface area contributed by atoms with Crippen molar-refractivity contribution in [3.63, 3.8) is 0 Å². The van der Waals surface area contributed by atoms with Gasteiger partial charge in [-0.1, -0.05) is 48.5 Å². The molecule has 0 saturated carbocycles. The number of benzene rings is 2. The van der Waals surface area contributed by atoms with E-state index >= 15 is 0 Å². The van der Waals surface area contributed by atoms with Crippen LogP contribution in [0.5, 0.6) is 0 Å². The minimum atomic E-state index is -0.000185. The number of nitrogens with zero attached hydrogens (tertiary/aromatic N) is 1. The number of likely N-dealkylation sites (N-methyl/N-ethyl adjacent to an activating group) is 1. The predicted molar refractivity (Wildman–Crippen MR) is 80.2 cm³/mol. The van der Waals surface area contributed by atoms with Crippen molar-refractivity contribution < 1.29 is 0 Å². The van der Waals surface area contributed by atoms with E-state index in [1.807, 2.05) is 43.4 Å². The zero-order valence-electron chi connectivity index (χ0n) is 10.5. The molecule has 0 saturated heterocycles. The maximum Gasteiger partial charge on any atom is 0.0808 e. The van der Waals surface area contributed by atoms with Gasteiger partial charge in [0.1, 0.15) is 0 Å². The van der Waals surface area contributed by atoms with Crippen LogP contribution in [0.4, 0.5) is 5.69 Å². The molecule has 1 atom stereocenters. The molecule has 0 amide bonds. The molecule has 0 spiro atoms. The number of hydrogen-bond acceptors (Lipinski definition) is 2. The number of rotatable bonds is 4. The van der Waals surface area contributed by atoms with E-state index in [0.29, 0.717) is 0 Å². The first kappa shape index (κ1) is 14.6. The van der Waals surface area contributed by atoms with Gasteiger partial charge in [0.05, 0.1) is 6.17 Å². The van der Waals surface area contributed by atoms with Crippen molar-refractivity contribution in [2.45, 2.75) is 12.6 Å². The lowest BCUT2D eigenvalue weighted by Gasteiger charge is -2.26. The Balaban J connectivity index is 0.00000162. The van der Waals surface area contributed by atoms with Crippen molar-refractivity contribution in [3.8, 4) is 0 Å². The van der Waals surface area contributed by atoms with Crippen LogP contribution in [0.25, 0.3) is 0 Å². The second kappa shape index (κ2) is 7.04. The smallest absolute Gasteiger partial charge is 0.0808 e. The standard InChI is InChI=1S/C15H18N2.ClH/c1-17(14-10-6-3-7-11-14)15(16)12-13-8-4-2-5-9-13;/h2-11,15H,12,16H2,1H3;1H. The average Bonchev–Trinajstić information content (AvgIpc) is 2.40. The maximum atomic E-state index is 6.21. The van der Waals surface area contributed by atoms with Crippen molar-refractivity contribution in [2.24, 2.45) is 5.73 Å². The first-order chi connectivity index (χ1) is 8.27. The number of anilines is 1. The fraction of sp³-hybridized carbons (Fsp3) is 0.200. The summed E-state index contributed by atoms with van der Waals surface area (Å²) in [4.78, 5) is 2.10. The van der Waals surface area contributed by atoms with Gasteiger partial charge in [-0.05, 0) is 17.7 Å². The average molecular weight is 263 g/mol. The fourth-order valence-electron chi connectivity index (χ4n) is 1.85. The third-order valence-electron chi connectivity index (χ3n) is 2.95. The molecule has 0 radical (unpaired) electrons. The van der Waals surface area contributed by atoms with Crippen LogP contribution in [0.2, 0.25) is 0 Å².